The van der Waals surface area contributed by atoms with Crippen LogP contribution in [-0.4, -0.2) is 12.0 Å². The lowest BCUT2D eigenvalue weighted by Crippen LogP contribution is -2.31. The van der Waals surface area contributed by atoms with Crippen LogP contribution in [-0.2, 0) is 16.1 Å². The number of hydrogen-bond donors (Lipinski definition) is 1. The van der Waals surface area contributed by atoms with Gasteiger partial charge in [-0.15, -0.1) is 0 Å². The van der Waals surface area contributed by atoms with E-state index in [1.165, 1.54) is 0 Å². The molecule has 0 saturated heterocycles. The number of nitrogens with two attached hydrogens (primary N) is 1. The molecule has 0 saturated carbocycles. The Morgan fingerprint density at radius 1 is 1.40 bits per heavy atom. The predicted molar refractivity (Wildman–Crippen MR) is 59.1 cm³/mol. The average molecular weight is 207 g/mol. The minimum atomic E-state index is -0.487. The topological polar surface area (TPSA) is 52.3 Å². The van der Waals surface area contributed by atoms with Gasteiger partial charge < -0.3 is 10.5 Å². The summed E-state index contributed by atoms with van der Waals surface area (Å²) in [6, 6.07) is 9.09. The van der Waals surface area contributed by atoms with Crippen molar-refractivity contribution < 1.29 is 9.53 Å². The van der Waals surface area contributed by atoms with Crippen molar-refractivity contribution in [3.8, 4) is 0 Å². The summed E-state index contributed by atoms with van der Waals surface area (Å²) in [4.78, 5) is 11.4. The molecule has 1 unspecified atom stereocenters. The van der Waals surface area contributed by atoms with E-state index in [1.54, 1.807) is 0 Å². The quantitative estimate of drug-likeness (QED) is 0.750. The van der Waals surface area contributed by atoms with Crippen molar-refractivity contribution in [2.24, 2.45) is 5.73 Å². The fourth-order valence-electron chi connectivity index (χ4n) is 1.26. The summed E-state index contributed by atoms with van der Waals surface area (Å²) < 4.78 is 5.08. The number of carbonyl (C=O) groups excluding carboxylic acids is 1. The third kappa shape index (κ3) is 4.13. The maximum Gasteiger partial charge on any atom is 0.323 e. The Morgan fingerprint density at radius 2 is 2.07 bits per heavy atom. The Bertz CT molecular complexity index is 298. The summed E-state index contributed by atoms with van der Waals surface area (Å²) >= 11 is 0. The average Bonchev–Trinajstić information content (AvgIpc) is 2.27. The first kappa shape index (κ1) is 11.7. The normalized spacial score (nSPS) is 12.1. The molecule has 0 aromatic heterocycles. The molecular formula is C12H17NO2. The number of carbonyl (C=O) groups is 1. The number of rotatable bonds is 5. The summed E-state index contributed by atoms with van der Waals surface area (Å²) in [5, 5.41) is 0. The molecule has 0 bridgehead atoms. The van der Waals surface area contributed by atoms with Gasteiger partial charge in [0.05, 0.1) is 0 Å². The second kappa shape index (κ2) is 6.19. The van der Waals surface area contributed by atoms with Crippen LogP contribution in [0.4, 0.5) is 0 Å². The number of ether oxygens (including phenoxy) is 1. The van der Waals surface area contributed by atoms with Gasteiger partial charge in [-0.05, 0) is 12.0 Å². The number of benzene rings is 1. The monoisotopic (exact) mass is 207 g/mol. The Morgan fingerprint density at radius 3 is 2.67 bits per heavy atom. The molecule has 1 aromatic rings. The predicted octanol–water partition coefficient (Wildman–Crippen LogP) is 1.86. The van der Waals surface area contributed by atoms with Gasteiger partial charge in [-0.2, -0.15) is 0 Å². The molecule has 1 aromatic carbocycles. The van der Waals surface area contributed by atoms with Crippen LogP contribution in [0.5, 0.6) is 0 Å². The molecule has 0 radical (unpaired) electrons. The first-order valence-electron chi connectivity index (χ1n) is 5.20. The van der Waals surface area contributed by atoms with E-state index in [-0.39, 0.29) is 5.97 Å². The molecule has 0 fully saturated rings. The fraction of sp³-hybridized carbons (Fsp3) is 0.417. The molecule has 0 heterocycles. The van der Waals surface area contributed by atoms with Gasteiger partial charge in [0.2, 0.25) is 0 Å². The molecule has 2 N–H and O–H groups in total. The van der Waals surface area contributed by atoms with E-state index in [9.17, 15) is 4.79 Å². The lowest BCUT2D eigenvalue weighted by atomic mass is 10.2. The zero-order valence-electron chi connectivity index (χ0n) is 8.98. The molecule has 15 heavy (non-hydrogen) atoms. The Balaban J connectivity index is 2.34. The van der Waals surface area contributed by atoms with E-state index in [2.05, 4.69) is 0 Å². The third-order valence-electron chi connectivity index (χ3n) is 2.13. The van der Waals surface area contributed by atoms with Crippen LogP contribution in [0.15, 0.2) is 30.3 Å². The third-order valence-corrected chi connectivity index (χ3v) is 2.13. The molecule has 0 amide bonds. The van der Waals surface area contributed by atoms with Crippen molar-refractivity contribution >= 4 is 5.97 Å². The van der Waals surface area contributed by atoms with Crippen LogP contribution in [0.3, 0.4) is 0 Å². The number of hydrogen-bond acceptors (Lipinski definition) is 3. The zero-order valence-corrected chi connectivity index (χ0v) is 8.98. The van der Waals surface area contributed by atoms with Gasteiger partial charge in [0.1, 0.15) is 12.6 Å². The maximum absolute atomic E-state index is 11.4. The summed E-state index contributed by atoms with van der Waals surface area (Å²) in [5.74, 6) is -0.319. The van der Waals surface area contributed by atoms with Crippen molar-refractivity contribution in [3.63, 3.8) is 0 Å². The van der Waals surface area contributed by atoms with Crippen molar-refractivity contribution in [1.29, 1.82) is 0 Å². The van der Waals surface area contributed by atoms with Gasteiger partial charge in [-0.25, -0.2) is 0 Å². The van der Waals surface area contributed by atoms with Gasteiger partial charge in [-0.3, -0.25) is 4.79 Å². The van der Waals surface area contributed by atoms with Gasteiger partial charge >= 0.3 is 5.97 Å². The van der Waals surface area contributed by atoms with Crippen LogP contribution >= 0.6 is 0 Å². The SMILES string of the molecule is CCCC(N)C(=O)OCc1ccccc1. The second-order valence-corrected chi connectivity index (χ2v) is 3.49. The molecule has 1 rings (SSSR count). The smallest absolute Gasteiger partial charge is 0.323 e. The highest BCUT2D eigenvalue weighted by atomic mass is 16.5. The zero-order chi connectivity index (χ0) is 11.1. The Kier molecular flexibility index (Phi) is 4.84. The molecule has 82 valence electrons. The lowest BCUT2D eigenvalue weighted by molar-refractivity contribution is -0.146. The maximum atomic E-state index is 11.4. The van der Waals surface area contributed by atoms with Crippen molar-refractivity contribution in [2.45, 2.75) is 32.4 Å². The van der Waals surface area contributed by atoms with Crippen molar-refractivity contribution in [1.82, 2.24) is 0 Å². The molecule has 0 aliphatic carbocycles. The first-order valence-corrected chi connectivity index (χ1v) is 5.20. The largest absolute Gasteiger partial charge is 0.460 e. The highest BCUT2D eigenvalue weighted by Gasteiger charge is 2.13. The van der Waals surface area contributed by atoms with Crippen LogP contribution < -0.4 is 5.73 Å². The molecule has 0 spiro atoms. The van der Waals surface area contributed by atoms with E-state index in [0.717, 1.165) is 12.0 Å². The van der Waals surface area contributed by atoms with E-state index >= 15 is 0 Å². The summed E-state index contributed by atoms with van der Waals surface area (Å²) in [6.45, 7) is 2.29. The molecule has 1 atom stereocenters. The van der Waals surface area contributed by atoms with Gasteiger partial charge in [0, 0.05) is 0 Å². The standard InChI is InChI=1S/C12H17NO2/c1-2-6-11(13)12(14)15-9-10-7-4-3-5-8-10/h3-5,7-8,11H,2,6,9,13H2,1H3. The van der Waals surface area contributed by atoms with Crippen LogP contribution in [0.25, 0.3) is 0 Å². The molecular weight excluding hydrogens is 190 g/mol. The van der Waals surface area contributed by atoms with Gasteiger partial charge in [-0.1, -0.05) is 43.7 Å². The van der Waals surface area contributed by atoms with Crippen LogP contribution in [0.2, 0.25) is 0 Å². The highest BCUT2D eigenvalue weighted by Crippen LogP contribution is 2.03. The van der Waals surface area contributed by atoms with E-state index in [0.29, 0.717) is 13.0 Å². The molecule has 0 aliphatic rings. The number of esters is 1. The van der Waals surface area contributed by atoms with Crippen LogP contribution in [0, 0.1) is 0 Å². The van der Waals surface area contributed by atoms with E-state index in [4.69, 9.17) is 10.5 Å². The van der Waals surface area contributed by atoms with Crippen molar-refractivity contribution in [2.75, 3.05) is 0 Å². The molecule has 0 aliphatic heterocycles. The summed E-state index contributed by atoms with van der Waals surface area (Å²) in [6.07, 6.45) is 1.56. The lowest BCUT2D eigenvalue weighted by Gasteiger charge is -2.10. The minimum absolute atomic E-state index is 0.303. The summed E-state index contributed by atoms with van der Waals surface area (Å²) in [7, 11) is 0. The first-order chi connectivity index (χ1) is 7.24. The van der Waals surface area contributed by atoms with E-state index in [1.807, 2.05) is 37.3 Å². The summed E-state index contributed by atoms with van der Waals surface area (Å²) in [5.41, 5.74) is 6.60. The molecule has 3 nitrogen and oxygen atoms in total. The minimum Gasteiger partial charge on any atom is -0.460 e. The second-order valence-electron chi connectivity index (χ2n) is 3.49. The molecule has 3 heteroatoms. The van der Waals surface area contributed by atoms with Crippen molar-refractivity contribution in [3.05, 3.63) is 35.9 Å². The van der Waals surface area contributed by atoms with E-state index < -0.39 is 6.04 Å². The van der Waals surface area contributed by atoms with Gasteiger partial charge in [0.15, 0.2) is 0 Å². The highest BCUT2D eigenvalue weighted by molar-refractivity contribution is 5.75. The Labute approximate surface area is 90.2 Å². The van der Waals surface area contributed by atoms with Gasteiger partial charge in [0.25, 0.3) is 0 Å². The fourth-order valence-corrected chi connectivity index (χ4v) is 1.26. The van der Waals surface area contributed by atoms with Crippen LogP contribution in [0.1, 0.15) is 25.3 Å². The Hall–Kier alpha value is -1.35.